The molecule has 2 amide bonds. The molecular weight excluding hydrogens is 545 g/mol. The Balaban J connectivity index is 2.51. The van der Waals surface area contributed by atoms with Crippen LogP contribution >= 0.6 is 34.8 Å². The third kappa shape index (κ3) is 8.00. The maximum absolute atomic E-state index is 13.7. The largest absolute Gasteiger partial charge is 0.352 e. The molecule has 198 valence electrons. The number of carbonyl (C=O) groups excluding carboxylic acids is 2. The Bertz CT molecular complexity index is 1210. The van der Waals surface area contributed by atoms with Gasteiger partial charge in [-0.1, -0.05) is 54.7 Å². The third-order valence-electron chi connectivity index (χ3n) is 5.85. The third-order valence-corrected chi connectivity index (χ3v) is 7.80. The number of halogens is 3. The molecule has 7 nitrogen and oxygen atoms in total. The molecule has 0 bridgehead atoms. The molecule has 0 saturated carbocycles. The molecule has 36 heavy (non-hydrogen) atoms. The minimum Gasteiger partial charge on any atom is -0.352 e. The van der Waals surface area contributed by atoms with Crippen molar-refractivity contribution in [3.05, 3.63) is 62.6 Å². The summed E-state index contributed by atoms with van der Waals surface area (Å²) in [7, 11) is -3.85. The summed E-state index contributed by atoms with van der Waals surface area (Å²) in [5.41, 5.74) is 1.50. The number of carbonyl (C=O) groups is 2. The fourth-order valence-electron chi connectivity index (χ4n) is 3.69. The highest BCUT2D eigenvalue weighted by Gasteiger charge is 2.32. The van der Waals surface area contributed by atoms with Gasteiger partial charge in [-0.2, -0.15) is 0 Å². The monoisotopic (exact) mass is 575 g/mol. The molecule has 0 fully saturated rings. The van der Waals surface area contributed by atoms with Gasteiger partial charge in [0.2, 0.25) is 21.8 Å². The molecule has 0 aliphatic heterocycles. The van der Waals surface area contributed by atoms with Crippen molar-refractivity contribution in [2.75, 3.05) is 17.1 Å². The van der Waals surface area contributed by atoms with Crippen molar-refractivity contribution in [2.45, 2.75) is 59.2 Å². The zero-order chi connectivity index (χ0) is 27.2. The van der Waals surface area contributed by atoms with Crippen molar-refractivity contribution in [3.8, 4) is 0 Å². The summed E-state index contributed by atoms with van der Waals surface area (Å²) in [5.74, 6) is -0.870. The van der Waals surface area contributed by atoms with Gasteiger partial charge in [0, 0.05) is 27.7 Å². The van der Waals surface area contributed by atoms with Crippen LogP contribution in [0.3, 0.4) is 0 Å². The van der Waals surface area contributed by atoms with E-state index in [2.05, 4.69) is 5.32 Å². The number of hydrogen-bond acceptors (Lipinski definition) is 4. The Morgan fingerprint density at radius 1 is 1.00 bits per heavy atom. The van der Waals surface area contributed by atoms with Gasteiger partial charge in [-0.3, -0.25) is 13.9 Å². The fraction of sp³-hybridized carbons (Fsp3) is 0.440. The van der Waals surface area contributed by atoms with E-state index in [4.69, 9.17) is 34.8 Å². The predicted molar refractivity (Wildman–Crippen MR) is 147 cm³/mol. The van der Waals surface area contributed by atoms with Crippen molar-refractivity contribution in [1.29, 1.82) is 0 Å². The molecule has 1 N–H and O–H groups in total. The second kappa shape index (κ2) is 13.0. The van der Waals surface area contributed by atoms with Crippen LogP contribution in [-0.4, -0.2) is 50.0 Å². The van der Waals surface area contributed by atoms with Crippen molar-refractivity contribution in [1.82, 2.24) is 10.2 Å². The van der Waals surface area contributed by atoms with Crippen molar-refractivity contribution in [3.63, 3.8) is 0 Å². The molecule has 2 aromatic carbocycles. The van der Waals surface area contributed by atoms with Crippen LogP contribution in [0.5, 0.6) is 0 Å². The summed E-state index contributed by atoms with van der Waals surface area (Å²) >= 11 is 18.5. The first-order valence-corrected chi connectivity index (χ1v) is 14.5. The maximum atomic E-state index is 13.7. The first-order valence-electron chi connectivity index (χ1n) is 11.6. The zero-order valence-electron chi connectivity index (χ0n) is 21.0. The highest BCUT2D eigenvalue weighted by Crippen LogP contribution is 2.27. The molecule has 0 aromatic heterocycles. The van der Waals surface area contributed by atoms with E-state index >= 15 is 0 Å². The van der Waals surface area contributed by atoms with Crippen LogP contribution in [-0.2, 0) is 26.2 Å². The number of amides is 2. The van der Waals surface area contributed by atoms with Crippen LogP contribution in [0, 0.1) is 6.92 Å². The second-order valence-corrected chi connectivity index (χ2v) is 11.9. The van der Waals surface area contributed by atoms with Gasteiger partial charge >= 0.3 is 0 Å². The minimum absolute atomic E-state index is 0.00152. The summed E-state index contributed by atoms with van der Waals surface area (Å²) in [5, 5.41) is 4.14. The lowest BCUT2D eigenvalue weighted by Gasteiger charge is -2.34. The van der Waals surface area contributed by atoms with Crippen molar-refractivity contribution < 1.29 is 18.0 Å². The number of nitrogens with zero attached hydrogens (tertiary/aromatic N) is 2. The Kier molecular flexibility index (Phi) is 10.9. The van der Waals surface area contributed by atoms with Gasteiger partial charge in [0.25, 0.3) is 0 Å². The van der Waals surface area contributed by atoms with Gasteiger partial charge in [-0.25, -0.2) is 8.42 Å². The number of benzene rings is 2. The Labute approximate surface area is 228 Å². The first kappa shape index (κ1) is 30.2. The molecule has 0 aliphatic carbocycles. The smallest absolute Gasteiger partial charge is 0.244 e. The minimum atomic E-state index is -3.85. The summed E-state index contributed by atoms with van der Waals surface area (Å²) in [6, 6.07) is 8.69. The highest BCUT2D eigenvalue weighted by molar-refractivity contribution is 7.92. The average molecular weight is 577 g/mol. The van der Waals surface area contributed by atoms with Crippen LogP contribution in [0.1, 0.15) is 44.7 Å². The number of rotatable bonds is 11. The van der Waals surface area contributed by atoms with E-state index in [1.807, 2.05) is 13.8 Å². The van der Waals surface area contributed by atoms with E-state index < -0.39 is 28.5 Å². The second-order valence-electron chi connectivity index (χ2n) is 8.70. The Morgan fingerprint density at radius 3 is 2.14 bits per heavy atom. The van der Waals surface area contributed by atoms with E-state index in [1.54, 1.807) is 50.2 Å². The summed E-state index contributed by atoms with van der Waals surface area (Å²) < 4.78 is 26.5. The molecule has 0 heterocycles. The number of hydrogen-bond donors (Lipinski definition) is 1. The molecular formula is C25H32Cl3N3O4S. The van der Waals surface area contributed by atoms with Gasteiger partial charge in [-0.15, -0.1) is 0 Å². The summed E-state index contributed by atoms with van der Waals surface area (Å²) in [4.78, 5) is 28.3. The number of anilines is 1. The molecule has 11 heteroatoms. The van der Waals surface area contributed by atoms with Gasteiger partial charge in [0.15, 0.2) is 0 Å². The van der Waals surface area contributed by atoms with Gasteiger partial charge in [-0.05, 0) is 68.1 Å². The Hall–Kier alpha value is -2.00. The average Bonchev–Trinajstić information content (AvgIpc) is 2.78. The topological polar surface area (TPSA) is 86.8 Å². The molecule has 0 radical (unpaired) electrons. The molecule has 0 unspecified atom stereocenters. The first-order chi connectivity index (χ1) is 16.8. The van der Waals surface area contributed by atoms with E-state index in [0.29, 0.717) is 38.3 Å². The van der Waals surface area contributed by atoms with Gasteiger partial charge in [0.1, 0.15) is 12.6 Å². The van der Waals surface area contributed by atoms with E-state index in [1.165, 1.54) is 4.90 Å². The molecule has 0 saturated heterocycles. The van der Waals surface area contributed by atoms with E-state index in [9.17, 15) is 18.0 Å². The SMILES string of the molecule is CC[C@H](C)NC(=O)[C@H](CC)N(Cc1ccc(Cl)cc1Cl)C(=O)CN(c1ccc(Cl)cc1C)S(C)(=O)=O. The van der Waals surface area contributed by atoms with Crippen LogP contribution < -0.4 is 9.62 Å². The number of nitrogens with one attached hydrogen (secondary N) is 1. The maximum Gasteiger partial charge on any atom is 0.244 e. The highest BCUT2D eigenvalue weighted by atomic mass is 35.5. The fourth-order valence-corrected chi connectivity index (χ4v) is 5.29. The molecule has 2 atom stereocenters. The summed E-state index contributed by atoms with van der Waals surface area (Å²) in [6.45, 7) is 6.83. The van der Waals surface area contributed by atoms with Gasteiger partial charge < -0.3 is 10.2 Å². The van der Waals surface area contributed by atoms with E-state index in [0.717, 1.165) is 17.0 Å². The van der Waals surface area contributed by atoms with Crippen molar-refractivity contribution >= 4 is 62.3 Å². The predicted octanol–water partition coefficient (Wildman–Crippen LogP) is 5.44. The van der Waals surface area contributed by atoms with Crippen LogP contribution in [0.2, 0.25) is 15.1 Å². The molecule has 2 aromatic rings. The number of aryl methyl sites for hydroxylation is 1. The van der Waals surface area contributed by atoms with Crippen LogP contribution in [0.25, 0.3) is 0 Å². The number of sulfonamides is 1. The van der Waals surface area contributed by atoms with Crippen LogP contribution in [0.15, 0.2) is 36.4 Å². The molecule has 2 rings (SSSR count). The van der Waals surface area contributed by atoms with Crippen molar-refractivity contribution in [2.24, 2.45) is 0 Å². The zero-order valence-corrected chi connectivity index (χ0v) is 24.1. The lowest BCUT2D eigenvalue weighted by molar-refractivity contribution is -0.140. The lowest BCUT2D eigenvalue weighted by atomic mass is 10.1. The Morgan fingerprint density at radius 2 is 1.61 bits per heavy atom. The summed E-state index contributed by atoms with van der Waals surface area (Å²) in [6.07, 6.45) is 2.07. The van der Waals surface area contributed by atoms with E-state index in [-0.39, 0.29) is 18.5 Å². The van der Waals surface area contributed by atoms with Gasteiger partial charge in [0.05, 0.1) is 11.9 Å². The lowest BCUT2D eigenvalue weighted by Crippen LogP contribution is -2.53. The standard InChI is InChI=1S/C25H32Cl3N3O4S/c1-6-17(4)29-25(33)22(7-2)30(14-18-8-9-20(27)13-21(18)28)24(32)15-31(36(5,34)35)23-11-10-19(26)12-16(23)3/h8-13,17,22H,6-7,14-15H2,1-5H3,(H,29,33)/t17-,22-/m0/s1. The normalized spacial score (nSPS) is 13.1. The quantitative estimate of drug-likeness (QED) is 0.386. The molecule has 0 spiro atoms. The molecule has 0 aliphatic rings. The van der Waals surface area contributed by atoms with Crippen LogP contribution in [0.4, 0.5) is 5.69 Å².